The van der Waals surface area contributed by atoms with E-state index in [1.807, 2.05) is 0 Å². The van der Waals surface area contributed by atoms with Gasteiger partial charge in [0.1, 0.15) is 30.2 Å². The Hall–Kier alpha value is -5.63. The van der Waals surface area contributed by atoms with Crippen LogP contribution in [0.1, 0.15) is 71.3 Å². The summed E-state index contributed by atoms with van der Waals surface area (Å²) in [7, 11) is 0. The number of carbonyl (C=O) groups is 9. The van der Waals surface area contributed by atoms with Crippen molar-refractivity contribution in [3.63, 3.8) is 0 Å². The molecule has 306 valence electrons. The third-order valence-electron chi connectivity index (χ3n) is 8.03. The van der Waals surface area contributed by atoms with E-state index in [9.17, 15) is 53.4 Å². The monoisotopic (exact) mass is 778 g/mol. The molecule has 0 heterocycles. The highest BCUT2D eigenvalue weighted by Gasteiger charge is 2.33. The molecule has 0 aliphatic heterocycles. The van der Waals surface area contributed by atoms with E-state index in [-0.39, 0.29) is 18.8 Å². The SMILES string of the molecule is CC(C)C[C@H](NC(=O)CNC(=O)[C@H](C)NC(=O)[C@@H](N)CCCCN)C(=O)N[C@@H](CC(=O)O)C(=O)N[C@@H](Cc1ccccc1)C(=O)N[C@@H](CCC(=O)O)C(=O)O. The van der Waals surface area contributed by atoms with Crippen LogP contribution in [0.3, 0.4) is 0 Å². The van der Waals surface area contributed by atoms with E-state index in [2.05, 4.69) is 31.9 Å². The average molecular weight is 779 g/mol. The summed E-state index contributed by atoms with van der Waals surface area (Å²) >= 11 is 0. The number of unbranched alkanes of at least 4 members (excludes halogenated alkanes) is 1. The molecule has 0 spiro atoms. The molecule has 55 heavy (non-hydrogen) atoms. The molecule has 0 aliphatic rings. The van der Waals surface area contributed by atoms with Gasteiger partial charge in [0.05, 0.1) is 19.0 Å². The van der Waals surface area contributed by atoms with Crippen molar-refractivity contribution in [3.05, 3.63) is 35.9 Å². The number of amides is 6. The maximum Gasteiger partial charge on any atom is 0.326 e. The number of nitrogens with two attached hydrogens (primary N) is 2. The first kappa shape index (κ1) is 47.4. The molecule has 0 saturated carbocycles. The van der Waals surface area contributed by atoms with Crippen LogP contribution in [0.4, 0.5) is 0 Å². The number of aliphatic carboxylic acids is 3. The summed E-state index contributed by atoms with van der Waals surface area (Å²) in [6.07, 6.45) is -0.508. The van der Waals surface area contributed by atoms with Crippen LogP contribution in [0.2, 0.25) is 0 Å². The molecule has 1 aromatic rings. The Morgan fingerprint density at radius 1 is 0.655 bits per heavy atom. The first-order valence-corrected chi connectivity index (χ1v) is 17.8. The summed E-state index contributed by atoms with van der Waals surface area (Å²) in [5.74, 6) is -9.73. The predicted molar refractivity (Wildman–Crippen MR) is 196 cm³/mol. The Morgan fingerprint density at radius 3 is 1.80 bits per heavy atom. The fourth-order valence-corrected chi connectivity index (χ4v) is 5.08. The van der Waals surface area contributed by atoms with Gasteiger partial charge in [-0.1, -0.05) is 50.6 Å². The molecule has 0 aliphatic carbocycles. The Morgan fingerprint density at radius 2 is 1.24 bits per heavy atom. The molecule has 0 unspecified atom stereocenters. The second-order valence-electron chi connectivity index (χ2n) is 13.3. The smallest absolute Gasteiger partial charge is 0.326 e. The van der Waals surface area contributed by atoms with E-state index >= 15 is 0 Å². The Balaban J connectivity index is 3.08. The molecule has 20 heteroatoms. The second kappa shape index (κ2) is 24.6. The average Bonchev–Trinajstić information content (AvgIpc) is 3.11. The molecule has 1 aromatic carbocycles. The Bertz CT molecular complexity index is 1490. The van der Waals surface area contributed by atoms with Crippen LogP contribution in [0.5, 0.6) is 0 Å². The van der Waals surface area contributed by atoms with Gasteiger partial charge in [-0.15, -0.1) is 0 Å². The van der Waals surface area contributed by atoms with Crippen LogP contribution in [0, 0.1) is 5.92 Å². The highest BCUT2D eigenvalue weighted by Crippen LogP contribution is 2.09. The number of hydrogen-bond donors (Lipinski definition) is 11. The zero-order valence-corrected chi connectivity index (χ0v) is 31.2. The van der Waals surface area contributed by atoms with Crippen molar-refractivity contribution in [1.29, 1.82) is 0 Å². The summed E-state index contributed by atoms with van der Waals surface area (Å²) < 4.78 is 0. The van der Waals surface area contributed by atoms with Crippen molar-refractivity contribution < 1.29 is 58.5 Å². The number of rotatable bonds is 26. The van der Waals surface area contributed by atoms with E-state index in [0.717, 1.165) is 0 Å². The lowest BCUT2D eigenvalue weighted by Crippen LogP contribution is -2.59. The molecular formula is C35H54N8O12. The third kappa shape index (κ3) is 19.3. The molecule has 0 saturated heterocycles. The minimum Gasteiger partial charge on any atom is -0.481 e. The molecule has 20 nitrogen and oxygen atoms in total. The van der Waals surface area contributed by atoms with Gasteiger partial charge in [-0.2, -0.15) is 0 Å². The molecule has 1 rings (SSSR count). The lowest BCUT2D eigenvalue weighted by Gasteiger charge is -2.26. The standard InChI is InChI=1S/C35H54N8O12/c1-19(2)15-24(40-27(44)18-38-30(49)20(3)39-31(50)22(37)11-7-8-14-36)32(51)43-26(17-29(47)48)34(53)42-25(16-21-9-5-4-6-10-21)33(52)41-23(35(54)55)12-13-28(45)46/h4-6,9-10,19-20,22-26H,7-8,11-18,36-37H2,1-3H3,(H,38,49)(H,39,50)(H,40,44)(H,41,52)(H,42,53)(H,43,51)(H,45,46)(H,47,48)(H,54,55)/t20-,22-,23-,24-,25-,26-/m0/s1. The number of nitrogens with one attached hydrogen (secondary N) is 6. The topological polar surface area (TPSA) is 339 Å². The highest BCUT2D eigenvalue weighted by molar-refractivity contribution is 5.97. The predicted octanol–water partition coefficient (Wildman–Crippen LogP) is -2.28. The number of benzene rings is 1. The Labute approximate surface area is 318 Å². The number of carboxylic acids is 3. The molecule has 13 N–H and O–H groups in total. The van der Waals surface area contributed by atoms with Gasteiger partial charge in [0.15, 0.2) is 0 Å². The molecule has 0 radical (unpaired) electrons. The summed E-state index contributed by atoms with van der Waals surface area (Å²) in [5.41, 5.74) is 11.8. The van der Waals surface area contributed by atoms with Crippen molar-refractivity contribution in [2.45, 2.75) is 108 Å². The quantitative estimate of drug-likeness (QED) is 0.0442. The fraction of sp³-hybridized carbons (Fsp3) is 0.571. The largest absolute Gasteiger partial charge is 0.481 e. The van der Waals surface area contributed by atoms with Gasteiger partial charge in [-0.05, 0) is 50.6 Å². The van der Waals surface area contributed by atoms with Gasteiger partial charge < -0.3 is 58.7 Å². The van der Waals surface area contributed by atoms with Crippen molar-refractivity contribution in [2.75, 3.05) is 13.1 Å². The maximum absolute atomic E-state index is 13.5. The number of carbonyl (C=O) groups excluding carboxylic acids is 6. The van der Waals surface area contributed by atoms with Gasteiger partial charge in [-0.3, -0.25) is 38.4 Å². The normalized spacial score (nSPS) is 14.1. The van der Waals surface area contributed by atoms with Gasteiger partial charge in [0, 0.05) is 12.8 Å². The van der Waals surface area contributed by atoms with Crippen LogP contribution in [-0.2, 0) is 49.6 Å². The number of carboxylic acid groups (broad SMARTS) is 3. The molecule has 0 aromatic heterocycles. The lowest BCUT2D eigenvalue weighted by atomic mass is 10.0. The lowest BCUT2D eigenvalue weighted by molar-refractivity contribution is -0.144. The van der Waals surface area contributed by atoms with Crippen molar-refractivity contribution in [1.82, 2.24) is 31.9 Å². The van der Waals surface area contributed by atoms with E-state index in [4.69, 9.17) is 16.6 Å². The van der Waals surface area contributed by atoms with Crippen LogP contribution in [-0.4, -0.2) is 118 Å². The Kier molecular flexibility index (Phi) is 21.2. The zero-order chi connectivity index (χ0) is 41.7. The van der Waals surface area contributed by atoms with Gasteiger partial charge >= 0.3 is 17.9 Å². The van der Waals surface area contributed by atoms with Crippen LogP contribution >= 0.6 is 0 Å². The summed E-state index contributed by atoms with van der Waals surface area (Å²) in [6, 6.07) is 0.0555. The first-order chi connectivity index (χ1) is 25.8. The van der Waals surface area contributed by atoms with Gasteiger partial charge in [0.25, 0.3) is 0 Å². The minimum absolute atomic E-state index is 0.0212. The van der Waals surface area contributed by atoms with Crippen LogP contribution < -0.4 is 43.4 Å². The third-order valence-corrected chi connectivity index (χ3v) is 8.03. The van der Waals surface area contributed by atoms with Crippen molar-refractivity contribution in [2.24, 2.45) is 17.4 Å². The molecule has 6 atom stereocenters. The van der Waals surface area contributed by atoms with Crippen molar-refractivity contribution in [3.8, 4) is 0 Å². The molecule has 6 amide bonds. The van der Waals surface area contributed by atoms with E-state index in [1.165, 1.54) is 6.92 Å². The zero-order valence-electron chi connectivity index (χ0n) is 31.2. The molecule has 0 bridgehead atoms. The van der Waals surface area contributed by atoms with Crippen molar-refractivity contribution >= 4 is 53.4 Å². The summed E-state index contributed by atoms with van der Waals surface area (Å²) in [6.45, 7) is 4.68. The minimum atomic E-state index is -1.78. The van der Waals surface area contributed by atoms with Gasteiger partial charge in [-0.25, -0.2) is 4.79 Å². The summed E-state index contributed by atoms with van der Waals surface area (Å²) in [4.78, 5) is 112. The summed E-state index contributed by atoms with van der Waals surface area (Å²) in [5, 5.41) is 42.2. The van der Waals surface area contributed by atoms with Crippen LogP contribution in [0.25, 0.3) is 0 Å². The molecular weight excluding hydrogens is 724 g/mol. The maximum atomic E-state index is 13.5. The van der Waals surface area contributed by atoms with E-state index < -0.39 is 115 Å². The van der Waals surface area contributed by atoms with Crippen LogP contribution in [0.15, 0.2) is 30.3 Å². The first-order valence-electron chi connectivity index (χ1n) is 17.8. The molecule has 0 fully saturated rings. The fourth-order valence-electron chi connectivity index (χ4n) is 5.08. The highest BCUT2D eigenvalue weighted by atomic mass is 16.4. The number of hydrogen-bond acceptors (Lipinski definition) is 11. The van der Waals surface area contributed by atoms with Gasteiger partial charge in [0.2, 0.25) is 35.4 Å². The van der Waals surface area contributed by atoms with E-state index in [1.54, 1.807) is 44.2 Å². The van der Waals surface area contributed by atoms with E-state index in [0.29, 0.717) is 31.4 Å². The second-order valence-corrected chi connectivity index (χ2v) is 13.3.